The zero-order chi connectivity index (χ0) is 10.4. The molecule has 3 N–H and O–H groups in total. The molecule has 1 fully saturated rings. The summed E-state index contributed by atoms with van der Waals surface area (Å²) in [5.41, 5.74) is 5.25. The molecular weight excluding hydrogens is 200 g/mol. The highest BCUT2D eigenvalue weighted by atomic mass is 32.1. The minimum atomic E-state index is -0.0796. The van der Waals surface area contributed by atoms with Crippen molar-refractivity contribution in [3.05, 3.63) is 0 Å². The zero-order valence-electron chi connectivity index (χ0n) is 8.12. The number of ether oxygens (including phenoxy) is 1. The third-order valence-corrected chi connectivity index (χ3v) is 2.41. The standard InChI is InChI=1S/C9H16N2O2S/c10-8(14)5-9(12)11-6-7-1-3-13-4-2-7/h7H,1-6H2,(H2,10,14)(H,11,12). The molecule has 1 heterocycles. The Bertz CT molecular complexity index is 215. The first-order chi connectivity index (χ1) is 6.68. The summed E-state index contributed by atoms with van der Waals surface area (Å²) in [6.45, 7) is 2.32. The summed E-state index contributed by atoms with van der Waals surface area (Å²) in [5.74, 6) is 0.461. The Kier molecular flexibility index (Phi) is 4.82. The Labute approximate surface area is 89.2 Å². The van der Waals surface area contributed by atoms with Crippen molar-refractivity contribution >= 4 is 23.1 Å². The first kappa shape index (κ1) is 11.4. The fourth-order valence-corrected chi connectivity index (χ4v) is 1.56. The average molecular weight is 216 g/mol. The van der Waals surface area contributed by atoms with Crippen molar-refractivity contribution in [2.75, 3.05) is 19.8 Å². The van der Waals surface area contributed by atoms with Crippen LogP contribution in [0.15, 0.2) is 0 Å². The van der Waals surface area contributed by atoms with Gasteiger partial charge >= 0.3 is 0 Å². The molecule has 0 aromatic heterocycles. The number of carbonyl (C=O) groups excluding carboxylic acids is 1. The molecule has 0 bridgehead atoms. The number of thiocarbonyl (C=S) groups is 1. The Morgan fingerprint density at radius 1 is 1.50 bits per heavy atom. The second-order valence-electron chi connectivity index (χ2n) is 3.50. The lowest BCUT2D eigenvalue weighted by Crippen LogP contribution is -2.33. The molecule has 1 saturated heterocycles. The number of nitrogens with two attached hydrogens (primary N) is 1. The average Bonchev–Trinajstić information content (AvgIpc) is 2.15. The van der Waals surface area contributed by atoms with E-state index in [1.807, 2.05) is 0 Å². The van der Waals surface area contributed by atoms with Gasteiger partial charge in [0, 0.05) is 19.8 Å². The van der Waals surface area contributed by atoms with Crippen LogP contribution in [0.1, 0.15) is 19.3 Å². The van der Waals surface area contributed by atoms with Crippen molar-refractivity contribution in [3.63, 3.8) is 0 Å². The third kappa shape index (κ3) is 4.53. The highest BCUT2D eigenvalue weighted by Gasteiger charge is 2.14. The fraction of sp³-hybridized carbons (Fsp3) is 0.778. The summed E-state index contributed by atoms with van der Waals surface area (Å²) in [6.07, 6.45) is 2.19. The van der Waals surface area contributed by atoms with Crippen molar-refractivity contribution < 1.29 is 9.53 Å². The smallest absolute Gasteiger partial charge is 0.226 e. The summed E-state index contributed by atoms with van der Waals surface area (Å²) in [4.78, 5) is 11.4. The van der Waals surface area contributed by atoms with Crippen molar-refractivity contribution in [1.29, 1.82) is 0 Å². The third-order valence-electron chi connectivity index (χ3n) is 2.26. The van der Waals surface area contributed by atoms with Crippen molar-refractivity contribution in [2.24, 2.45) is 11.7 Å². The molecule has 0 aromatic carbocycles. The first-order valence-corrected chi connectivity index (χ1v) is 5.22. The number of amides is 1. The van der Waals surface area contributed by atoms with E-state index in [1.165, 1.54) is 0 Å². The molecule has 5 heteroatoms. The Hall–Kier alpha value is -0.680. The van der Waals surface area contributed by atoms with Crippen molar-refractivity contribution in [3.8, 4) is 0 Å². The van der Waals surface area contributed by atoms with Crippen LogP contribution in [0.5, 0.6) is 0 Å². The summed E-state index contributed by atoms with van der Waals surface area (Å²) < 4.78 is 5.22. The molecule has 1 aliphatic rings. The second kappa shape index (κ2) is 5.93. The van der Waals surface area contributed by atoms with Crippen LogP contribution < -0.4 is 11.1 Å². The number of carbonyl (C=O) groups is 1. The molecular formula is C9H16N2O2S. The van der Waals surface area contributed by atoms with Crippen LogP contribution in [0.3, 0.4) is 0 Å². The topological polar surface area (TPSA) is 64.4 Å². The van der Waals surface area contributed by atoms with E-state index in [9.17, 15) is 4.79 Å². The maximum atomic E-state index is 11.2. The van der Waals surface area contributed by atoms with Gasteiger partial charge in [-0.05, 0) is 18.8 Å². The van der Waals surface area contributed by atoms with E-state index in [2.05, 4.69) is 17.5 Å². The van der Waals surface area contributed by atoms with Gasteiger partial charge in [0.1, 0.15) is 0 Å². The zero-order valence-corrected chi connectivity index (χ0v) is 8.94. The summed E-state index contributed by atoms with van der Waals surface area (Å²) in [6, 6.07) is 0. The predicted octanol–water partition coefficient (Wildman–Crippen LogP) is 0.205. The van der Waals surface area contributed by atoms with Crippen LogP contribution in [-0.4, -0.2) is 30.7 Å². The van der Waals surface area contributed by atoms with Gasteiger partial charge in [-0.25, -0.2) is 0 Å². The Morgan fingerprint density at radius 3 is 2.71 bits per heavy atom. The van der Waals surface area contributed by atoms with Crippen LogP contribution in [0, 0.1) is 5.92 Å². The minimum Gasteiger partial charge on any atom is -0.393 e. The van der Waals surface area contributed by atoms with Crippen LogP contribution in [0.4, 0.5) is 0 Å². The van der Waals surface area contributed by atoms with Gasteiger partial charge in [-0.3, -0.25) is 4.79 Å². The highest BCUT2D eigenvalue weighted by molar-refractivity contribution is 7.80. The highest BCUT2D eigenvalue weighted by Crippen LogP contribution is 2.12. The second-order valence-corrected chi connectivity index (χ2v) is 4.03. The maximum absolute atomic E-state index is 11.2. The minimum absolute atomic E-state index is 0.0796. The predicted molar refractivity (Wildman–Crippen MR) is 58.0 cm³/mol. The van der Waals surface area contributed by atoms with E-state index >= 15 is 0 Å². The monoisotopic (exact) mass is 216 g/mol. The Morgan fingerprint density at radius 2 is 2.14 bits per heavy atom. The summed E-state index contributed by atoms with van der Waals surface area (Å²) >= 11 is 4.64. The van der Waals surface area contributed by atoms with Crippen LogP contribution in [0.25, 0.3) is 0 Å². The normalized spacial score (nSPS) is 17.7. The van der Waals surface area contributed by atoms with Gasteiger partial charge in [0.05, 0.1) is 11.4 Å². The largest absolute Gasteiger partial charge is 0.393 e. The van der Waals surface area contributed by atoms with E-state index in [1.54, 1.807) is 0 Å². The van der Waals surface area contributed by atoms with Crippen LogP contribution in [-0.2, 0) is 9.53 Å². The van der Waals surface area contributed by atoms with Gasteiger partial charge < -0.3 is 15.8 Å². The van der Waals surface area contributed by atoms with Gasteiger partial charge in [0.2, 0.25) is 5.91 Å². The number of rotatable bonds is 4. The van der Waals surface area contributed by atoms with Crippen molar-refractivity contribution in [1.82, 2.24) is 5.32 Å². The van der Waals surface area contributed by atoms with E-state index < -0.39 is 0 Å². The molecule has 0 unspecified atom stereocenters. The molecule has 1 amide bonds. The van der Waals surface area contributed by atoms with E-state index in [-0.39, 0.29) is 17.3 Å². The molecule has 14 heavy (non-hydrogen) atoms. The molecule has 0 aromatic rings. The van der Waals surface area contributed by atoms with E-state index in [4.69, 9.17) is 10.5 Å². The molecule has 1 aliphatic heterocycles. The molecule has 1 rings (SSSR count). The van der Waals surface area contributed by atoms with E-state index in [0.29, 0.717) is 12.5 Å². The summed E-state index contributed by atoms with van der Waals surface area (Å²) in [5, 5.41) is 2.82. The SMILES string of the molecule is NC(=S)CC(=O)NCC1CCOCC1. The van der Waals surface area contributed by atoms with Gasteiger partial charge in [0.25, 0.3) is 0 Å². The van der Waals surface area contributed by atoms with Gasteiger partial charge in [-0.2, -0.15) is 0 Å². The number of nitrogens with one attached hydrogen (secondary N) is 1. The van der Waals surface area contributed by atoms with Crippen LogP contribution >= 0.6 is 12.2 Å². The van der Waals surface area contributed by atoms with Gasteiger partial charge in [-0.15, -0.1) is 0 Å². The lowest BCUT2D eigenvalue weighted by atomic mass is 10.0. The molecule has 4 nitrogen and oxygen atoms in total. The van der Waals surface area contributed by atoms with E-state index in [0.717, 1.165) is 26.1 Å². The lowest BCUT2D eigenvalue weighted by molar-refractivity contribution is -0.120. The maximum Gasteiger partial charge on any atom is 0.226 e. The molecule has 0 spiro atoms. The number of hydrogen-bond acceptors (Lipinski definition) is 3. The van der Waals surface area contributed by atoms with Crippen molar-refractivity contribution in [2.45, 2.75) is 19.3 Å². The molecule has 80 valence electrons. The molecule has 0 aliphatic carbocycles. The van der Waals surface area contributed by atoms with Crippen LogP contribution in [0.2, 0.25) is 0 Å². The summed E-state index contributed by atoms with van der Waals surface area (Å²) in [7, 11) is 0. The first-order valence-electron chi connectivity index (χ1n) is 4.81. The fourth-order valence-electron chi connectivity index (χ4n) is 1.43. The van der Waals surface area contributed by atoms with Gasteiger partial charge in [0.15, 0.2) is 0 Å². The molecule has 0 atom stereocenters. The number of hydrogen-bond donors (Lipinski definition) is 2. The Balaban J connectivity index is 2.12. The molecule has 0 saturated carbocycles. The quantitative estimate of drug-likeness (QED) is 0.659. The lowest BCUT2D eigenvalue weighted by Gasteiger charge is -2.22. The van der Waals surface area contributed by atoms with Gasteiger partial charge in [-0.1, -0.05) is 12.2 Å². The molecule has 0 radical (unpaired) electrons.